The zero-order chi connectivity index (χ0) is 27.9. The van der Waals surface area contributed by atoms with Crippen molar-refractivity contribution < 1.29 is 14.5 Å². The van der Waals surface area contributed by atoms with Crippen molar-refractivity contribution in [3.63, 3.8) is 0 Å². The minimum atomic E-state index is -0.433. The van der Waals surface area contributed by atoms with E-state index < -0.39 is 4.92 Å². The molecule has 0 unspecified atom stereocenters. The summed E-state index contributed by atoms with van der Waals surface area (Å²) in [6.45, 7) is 7.97. The molecule has 1 N–H and O–H groups in total. The second-order valence-corrected chi connectivity index (χ2v) is 9.04. The second kappa shape index (κ2) is 12.3. The van der Waals surface area contributed by atoms with E-state index in [9.17, 15) is 14.9 Å². The van der Waals surface area contributed by atoms with Crippen LogP contribution in [0.2, 0.25) is 0 Å². The lowest BCUT2D eigenvalue weighted by Crippen LogP contribution is -2.33. The number of fused-ring (bicyclic) bond motifs is 1. The van der Waals surface area contributed by atoms with Crippen molar-refractivity contribution in [2.24, 2.45) is 0 Å². The van der Waals surface area contributed by atoms with Gasteiger partial charge in [0.15, 0.2) is 5.82 Å². The van der Waals surface area contributed by atoms with E-state index in [1.165, 1.54) is 12.1 Å². The molecule has 0 saturated carbocycles. The first kappa shape index (κ1) is 27.5. The maximum absolute atomic E-state index is 12.9. The van der Waals surface area contributed by atoms with E-state index in [0.29, 0.717) is 34.0 Å². The molecule has 1 amide bonds. The summed E-state index contributed by atoms with van der Waals surface area (Å²) in [5.74, 6) is 0.828. The highest BCUT2D eigenvalue weighted by Crippen LogP contribution is 2.28. The number of aromatic nitrogens is 2. The highest BCUT2D eigenvalue weighted by molar-refractivity contribution is 6.05. The molecule has 0 aliphatic rings. The summed E-state index contributed by atoms with van der Waals surface area (Å²) < 4.78 is 5.54. The van der Waals surface area contributed by atoms with Crippen LogP contribution in [0.25, 0.3) is 22.2 Å². The number of methoxy groups -OCH3 is 1. The number of nitrogens with one attached hydrogen (secondary N) is 1. The molecule has 39 heavy (non-hydrogen) atoms. The van der Waals surface area contributed by atoms with Crippen molar-refractivity contribution in [3.8, 4) is 17.0 Å². The minimum Gasteiger partial charge on any atom is -0.478 e. The fraction of sp³-hybridized carbons (Fsp3) is 0.276. The molecule has 0 atom stereocenters. The molecule has 0 bridgehead atoms. The van der Waals surface area contributed by atoms with E-state index in [0.717, 1.165) is 37.3 Å². The number of benzene rings is 3. The third-order valence-corrected chi connectivity index (χ3v) is 6.63. The lowest BCUT2D eigenvalue weighted by Gasteiger charge is -2.24. The lowest BCUT2D eigenvalue weighted by atomic mass is 10.0. The van der Waals surface area contributed by atoms with Crippen molar-refractivity contribution in [2.45, 2.75) is 13.8 Å². The standard InChI is InChI=1S/C29H32N6O4/c1-5-34(6-2)18-17-33(3)27-29(39-4)32-26-19-23(13-16-25(26)31-27)30-28(36)22-9-7-20(8-10-22)21-11-14-24(15-12-21)35(37)38/h7-16,19H,5-6,17-18H2,1-4H3,(H,30,36). The monoisotopic (exact) mass is 528 g/mol. The Kier molecular flexibility index (Phi) is 8.67. The molecule has 0 aliphatic heterocycles. The zero-order valence-corrected chi connectivity index (χ0v) is 22.5. The third kappa shape index (κ3) is 6.47. The molecule has 0 spiro atoms. The SMILES string of the molecule is CCN(CC)CCN(C)c1nc2ccc(NC(=O)c3ccc(-c4ccc([N+](=O)[O-])cc4)cc3)cc2nc1OC. The summed E-state index contributed by atoms with van der Waals surface area (Å²) in [5.41, 5.74) is 4.09. The Hall–Kier alpha value is -4.57. The van der Waals surface area contributed by atoms with E-state index in [2.05, 4.69) is 29.0 Å². The van der Waals surface area contributed by atoms with Crippen LogP contribution in [0.15, 0.2) is 66.7 Å². The Morgan fingerprint density at radius 1 is 0.923 bits per heavy atom. The number of amides is 1. The predicted octanol–water partition coefficient (Wildman–Crippen LogP) is 5.24. The smallest absolute Gasteiger partial charge is 0.269 e. The number of nitrogens with zero attached hydrogens (tertiary/aromatic N) is 5. The van der Waals surface area contributed by atoms with Crippen LogP contribution in [0, 0.1) is 10.1 Å². The maximum atomic E-state index is 12.9. The molecule has 0 aliphatic carbocycles. The summed E-state index contributed by atoms with van der Waals surface area (Å²) in [6.07, 6.45) is 0. The van der Waals surface area contributed by atoms with Crippen LogP contribution >= 0.6 is 0 Å². The van der Waals surface area contributed by atoms with Gasteiger partial charge >= 0.3 is 0 Å². The second-order valence-electron chi connectivity index (χ2n) is 9.04. The van der Waals surface area contributed by atoms with Crippen molar-refractivity contribution in [2.75, 3.05) is 50.6 Å². The fourth-order valence-electron chi connectivity index (χ4n) is 4.22. The average Bonchev–Trinajstić information content (AvgIpc) is 2.96. The highest BCUT2D eigenvalue weighted by Gasteiger charge is 2.16. The molecule has 1 aromatic heterocycles. The van der Waals surface area contributed by atoms with Crippen LogP contribution in [0.3, 0.4) is 0 Å². The average molecular weight is 529 g/mol. The minimum absolute atomic E-state index is 0.0333. The van der Waals surface area contributed by atoms with Gasteiger partial charge in [-0.3, -0.25) is 14.9 Å². The quantitative estimate of drug-likeness (QED) is 0.208. The van der Waals surface area contributed by atoms with Gasteiger partial charge in [-0.2, -0.15) is 0 Å². The van der Waals surface area contributed by atoms with Crippen LogP contribution in [0.4, 0.5) is 17.2 Å². The number of ether oxygens (including phenoxy) is 1. The van der Waals surface area contributed by atoms with Crippen LogP contribution in [0.5, 0.6) is 5.88 Å². The van der Waals surface area contributed by atoms with Crippen molar-refractivity contribution in [1.82, 2.24) is 14.9 Å². The molecule has 4 rings (SSSR count). The Labute approximate surface area is 227 Å². The summed E-state index contributed by atoms with van der Waals surface area (Å²) in [5, 5.41) is 13.8. The number of nitro groups is 1. The van der Waals surface area contributed by atoms with Gasteiger partial charge in [-0.15, -0.1) is 0 Å². The van der Waals surface area contributed by atoms with E-state index in [-0.39, 0.29) is 11.6 Å². The van der Waals surface area contributed by atoms with E-state index in [1.807, 2.05) is 30.1 Å². The van der Waals surface area contributed by atoms with Gasteiger partial charge in [0.2, 0.25) is 0 Å². The number of nitro benzene ring substituents is 1. The van der Waals surface area contributed by atoms with Crippen LogP contribution in [-0.2, 0) is 0 Å². The molecule has 3 aromatic carbocycles. The van der Waals surface area contributed by atoms with Crippen molar-refractivity contribution >= 4 is 34.1 Å². The number of carbonyl (C=O) groups excluding carboxylic acids is 1. The van der Waals surface area contributed by atoms with Gasteiger partial charge in [0.25, 0.3) is 17.5 Å². The molecule has 1 heterocycles. The first-order chi connectivity index (χ1) is 18.8. The zero-order valence-electron chi connectivity index (χ0n) is 22.5. The molecular weight excluding hydrogens is 496 g/mol. The molecule has 0 radical (unpaired) electrons. The molecule has 202 valence electrons. The maximum Gasteiger partial charge on any atom is 0.269 e. The van der Waals surface area contributed by atoms with Gasteiger partial charge in [-0.25, -0.2) is 9.97 Å². The van der Waals surface area contributed by atoms with Gasteiger partial charge in [-0.1, -0.05) is 26.0 Å². The van der Waals surface area contributed by atoms with Gasteiger partial charge in [0.1, 0.15) is 0 Å². The number of hydrogen-bond donors (Lipinski definition) is 1. The van der Waals surface area contributed by atoms with Gasteiger partial charge in [0, 0.05) is 43.5 Å². The predicted molar refractivity (Wildman–Crippen MR) is 154 cm³/mol. The van der Waals surface area contributed by atoms with E-state index >= 15 is 0 Å². The number of likely N-dealkylation sites (N-methyl/N-ethyl adjacent to an activating group) is 2. The first-order valence-corrected chi connectivity index (χ1v) is 12.8. The molecular formula is C29H32N6O4. The van der Waals surface area contributed by atoms with Gasteiger partial charge in [-0.05, 0) is 66.7 Å². The van der Waals surface area contributed by atoms with Crippen LogP contribution in [0.1, 0.15) is 24.2 Å². The molecule has 0 saturated heterocycles. The topological polar surface area (TPSA) is 114 Å². The summed E-state index contributed by atoms with van der Waals surface area (Å²) in [4.78, 5) is 37.2. The number of hydrogen-bond acceptors (Lipinski definition) is 8. The third-order valence-electron chi connectivity index (χ3n) is 6.63. The van der Waals surface area contributed by atoms with Crippen LogP contribution in [-0.4, -0.2) is 66.0 Å². The molecule has 0 fully saturated rings. The van der Waals surface area contributed by atoms with Crippen molar-refractivity contribution in [1.29, 1.82) is 0 Å². The summed E-state index contributed by atoms with van der Waals surface area (Å²) >= 11 is 0. The highest BCUT2D eigenvalue weighted by atomic mass is 16.6. The lowest BCUT2D eigenvalue weighted by molar-refractivity contribution is -0.384. The normalized spacial score (nSPS) is 11.0. The molecule has 10 heteroatoms. The Morgan fingerprint density at radius 2 is 1.56 bits per heavy atom. The number of carbonyl (C=O) groups is 1. The Morgan fingerprint density at radius 3 is 2.15 bits per heavy atom. The number of rotatable bonds is 11. The number of anilines is 2. The van der Waals surface area contributed by atoms with Crippen molar-refractivity contribution in [3.05, 3.63) is 82.4 Å². The fourth-order valence-corrected chi connectivity index (χ4v) is 4.22. The van der Waals surface area contributed by atoms with Crippen LogP contribution < -0.4 is 15.0 Å². The molecule has 4 aromatic rings. The summed E-state index contributed by atoms with van der Waals surface area (Å²) in [7, 11) is 3.55. The Balaban J connectivity index is 1.47. The van der Waals surface area contributed by atoms with Gasteiger partial charge in [0.05, 0.1) is 23.1 Å². The first-order valence-electron chi connectivity index (χ1n) is 12.8. The van der Waals surface area contributed by atoms with Gasteiger partial charge < -0.3 is 19.9 Å². The summed E-state index contributed by atoms with van der Waals surface area (Å²) in [6, 6.07) is 18.7. The van der Waals surface area contributed by atoms with E-state index in [4.69, 9.17) is 9.72 Å². The largest absolute Gasteiger partial charge is 0.478 e. The van der Waals surface area contributed by atoms with E-state index in [1.54, 1.807) is 43.5 Å². The molecule has 10 nitrogen and oxygen atoms in total. The Bertz CT molecular complexity index is 1450. The number of non-ortho nitro benzene ring substituents is 1.